The largest absolute Gasteiger partial charge is 0.507 e. The first-order chi connectivity index (χ1) is 9.08. The van der Waals surface area contributed by atoms with Crippen molar-refractivity contribution in [2.24, 2.45) is 0 Å². The topological polar surface area (TPSA) is 37.3 Å². The van der Waals surface area contributed by atoms with Crippen molar-refractivity contribution in [3.05, 3.63) is 65.5 Å². The first-order valence-electron chi connectivity index (χ1n) is 5.84. The molecular formula is C15H12BFO2. The number of benzene rings is 2. The second-order valence-electron chi connectivity index (χ2n) is 4.23. The number of rotatable bonds is 3. The van der Waals surface area contributed by atoms with Crippen molar-refractivity contribution < 1.29 is 14.3 Å². The van der Waals surface area contributed by atoms with Crippen molar-refractivity contribution in [1.82, 2.24) is 0 Å². The summed E-state index contributed by atoms with van der Waals surface area (Å²) < 4.78 is 13.2. The number of carbonyl (C=O) groups is 1. The third kappa shape index (κ3) is 3.10. The minimum Gasteiger partial charge on any atom is -0.507 e. The first-order valence-corrected chi connectivity index (χ1v) is 5.84. The summed E-state index contributed by atoms with van der Waals surface area (Å²) in [7, 11) is 1.55. The molecule has 0 saturated heterocycles. The highest BCUT2D eigenvalue weighted by atomic mass is 19.1. The molecule has 0 aliphatic carbocycles. The second-order valence-corrected chi connectivity index (χ2v) is 4.23. The molecule has 0 spiro atoms. The van der Waals surface area contributed by atoms with Crippen LogP contribution in [0.3, 0.4) is 0 Å². The van der Waals surface area contributed by atoms with Crippen LogP contribution in [0, 0.1) is 5.82 Å². The maximum absolute atomic E-state index is 13.2. The third-order valence-electron chi connectivity index (χ3n) is 2.77. The number of ketones is 1. The molecule has 0 heterocycles. The number of hydrogen-bond acceptors (Lipinski definition) is 2. The first kappa shape index (κ1) is 13.1. The molecule has 0 aliphatic rings. The van der Waals surface area contributed by atoms with E-state index < -0.39 is 5.82 Å². The molecule has 2 rings (SSSR count). The zero-order chi connectivity index (χ0) is 13.8. The van der Waals surface area contributed by atoms with E-state index >= 15 is 0 Å². The summed E-state index contributed by atoms with van der Waals surface area (Å²) in [5.74, 6) is -1.23. The number of halogens is 1. The number of carbonyl (C=O) groups excluding carboxylic acids is 1. The molecule has 2 aromatic rings. The van der Waals surface area contributed by atoms with E-state index in [0.29, 0.717) is 5.46 Å². The Kier molecular flexibility index (Phi) is 3.80. The van der Waals surface area contributed by atoms with Crippen LogP contribution in [0.25, 0.3) is 6.08 Å². The van der Waals surface area contributed by atoms with Gasteiger partial charge in [-0.05, 0) is 11.6 Å². The van der Waals surface area contributed by atoms with Gasteiger partial charge in [0.1, 0.15) is 19.4 Å². The fourth-order valence-corrected chi connectivity index (χ4v) is 1.69. The SMILES string of the molecule is Bc1cc(C(=O)/C=C/c2ccccc2)c(O)cc1F. The van der Waals surface area contributed by atoms with E-state index in [1.54, 1.807) is 13.9 Å². The van der Waals surface area contributed by atoms with E-state index in [0.717, 1.165) is 11.6 Å². The highest BCUT2D eigenvalue weighted by Crippen LogP contribution is 2.18. The van der Waals surface area contributed by atoms with Crippen molar-refractivity contribution >= 4 is 25.2 Å². The quantitative estimate of drug-likeness (QED) is 0.514. The lowest BCUT2D eigenvalue weighted by molar-refractivity contribution is 0.104. The van der Waals surface area contributed by atoms with Gasteiger partial charge in [-0.25, -0.2) is 4.39 Å². The zero-order valence-corrected chi connectivity index (χ0v) is 10.4. The van der Waals surface area contributed by atoms with Crippen LogP contribution < -0.4 is 5.46 Å². The van der Waals surface area contributed by atoms with Crippen molar-refractivity contribution in [2.45, 2.75) is 0 Å². The van der Waals surface area contributed by atoms with Crippen LogP contribution >= 0.6 is 0 Å². The lowest BCUT2D eigenvalue weighted by Crippen LogP contribution is -2.11. The summed E-state index contributed by atoms with van der Waals surface area (Å²) in [4.78, 5) is 11.9. The molecule has 4 heteroatoms. The van der Waals surface area contributed by atoms with Gasteiger partial charge in [-0.3, -0.25) is 4.79 Å². The van der Waals surface area contributed by atoms with Gasteiger partial charge in [0.05, 0.1) is 5.56 Å². The molecule has 0 fully saturated rings. The standard InChI is InChI=1S/C15H12BFO2/c16-12-8-11(15(19)9-13(12)17)14(18)7-6-10-4-2-1-3-5-10/h1-9,19H,16H2/b7-6+. The number of phenols is 1. The highest BCUT2D eigenvalue weighted by Gasteiger charge is 2.11. The highest BCUT2D eigenvalue weighted by molar-refractivity contribution is 6.33. The molecule has 2 nitrogen and oxygen atoms in total. The van der Waals surface area contributed by atoms with Crippen LogP contribution in [-0.2, 0) is 0 Å². The smallest absolute Gasteiger partial charge is 0.189 e. The van der Waals surface area contributed by atoms with E-state index in [1.807, 2.05) is 30.3 Å². The fourth-order valence-electron chi connectivity index (χ4n) is 1.69. The maximum atomic E-state index is 13.2. The summed E-state index contributed by atoms with van der Waals surface area (Å²) in [6.45, 7) is 0. The third-order valence-corrected chi connectivity index (χ3v) is 2.77. The molecule has 0 aromatic heterocycles. The van der Waals surface area contributed by atoms with E-state index in [1.165, 1.54) is 12.1 Å². The van der Waals surface area contributed by atoms with Gasteiger partial charge < -0.3 is 5.11 Å². The van der Waals surface area contributed by atoms with Gasteiger partial charge in [0.25, 0.3) is 0 Å². The molecule has 0 saturated carbocycles. The molecule has 0 amide bonds. The van der Waals surface area contributed by atoms with Gasteiger partial charge in [0, 0.05) is 6.07 Å². The number of allylic oxidation sites excluding steroid dienone is 1. The zero-order valence-electron chi connectivity index (χ0n) is 10.4. The maximum Gasteiger partial charge on any atom is 0.189 e. The van der Waals surface area contributed by atoms with E-state index in [-0.39, 0.29) is 17.1 Å². The van der Waals surface area contributed by atoms with Gasteiger partial charge in [0.2, 0.25) is 0 Å². The van der Waals surface area contributed by atoms with E-state index in [9.17, 15) is 14.3 Å². The molecule has 0 bridgehead atoms. The molecular weight excluding hydrogens is 242 g/mol. The van der Waals surface area contributed by atoms with Crippen LogP contribution in [0.2, 0.25) is 0 Å². The van der Waals surface area contributed by atoms with E-state index in [4.69, 9.17) is 0 Å². The molecule has 0 aliphatic heterocycles. The normalized spacial score (nSPS) is 10.8. The lowest BCUT2D eigenvalue weighted by Gasteiger charge is -2.03. The van der Waals surface area contributed by atoms with Gasteiger partial charge >= 0.3 is 0 Å². The summed E-state index contributed by atoms with van der Waals surface area (Å²) in [5, 5.41) is 9.59. The fraction of sp³-hybridized carbons (Fsp3) is 0. The number of phenolic OH excluding ortho intramolecular Hbond substituents is 1. The predicted octanol–water partition coefficient (Wildman–Crippen LogP) is 1.69. The van der Waals surface area contributed by atoms with Crippen molar-refractivity contribution in [2.75, 3.05) is 0 Å². The molecule has 0 radical (unpaired) electrons. The molecule has 2 aromatic carbocycles. The van der Waals surface area contributed by atoms with Gasteiger partial charge in [0.15, 0.2) is 5.78 Å². The van der Waals surface area contributed by atoms with Gasteiger partial charge in [-0.1, -0.05) is 47.9 Å². The molecule has 19 heavy (non-hydrogen) atoms. The lowest BCUT2D eigenvalue weighted by atomic mass is 9.92. The summed E-state index contributed by atoms with van der Waals surface area (Å²) >= 11 is 0. The molecule has 0 atom stereocenters. The Morgan fingerprint density at radius 2 is 1.89 bits per heavy atom. The van der Waals surface area contributed by atoms with Crippen LogP contribution in [0.5, 0.6) is 5.75 Å². The molecule has 94 valence electrons. The van der Waals surface area contributed by atoms with Crippen molar-refractivity contribution in [3.63, 3.8) is 0 Å². The van der Waals surface area contributed by atoms with Crippen LogP contribution in [0.4, 0.5) is 4.39 Å². The predicted molar refractivity (Wildman–Crippen MR) is 76.0 cm³/mol. The van der Waals surface area contributed by atoms with Crippen molar-refractivity contribution in [3.8, 4) is 5.75 Å². The monoisotopic (exact) mass is 254 g/mol. The second kappa shape index (κ2) is 5.52. The Morgan fingerprint density at radius 3 is 2.58 bits per heavy atom. The van der Waals surface area contributed by atoms with Crippen LogP contribution in [0.15, 0.2) is 48.5 Å². The minimum atomic E-state index is -0.527. The minimum absolute atomic E-state index is 0.103. The summed E-state index contributed by atoms with van der Waals surface area (Å²) in [5.41, 5.74) is 1.31. The Balaban J connectivity index is 2.26. The summed E-state index contributed by atoms with van der Waals surface area (Å²) in [6, 6.07) is 11.6. The molecule has 1 N–H and O–H groups in total. The number of aromatic hydroxyl groups is 1. The Bertz CT molecular complexity index is 636. The average Bonchev–Trinajstić information content (AvgIpc) is 2.41. The van der Waals surface area contributed by atoms with Crippen LogP contribution in [0.1, 0.15) is 15.9 Å². The van der Waals surface area contributed by atoms with Gasteiger partial charge in [-0.2, -0.15) is 0 Å². The van der Waals surface area contributed by atoms with Crippen molar-refractivity contribution in [1.29, 1.82) is 0 Å². The summed E-state index contributed by atoms with van der Waals surface area (Å²) in [6.07, 6.45) is 3.02. The Labute approximate surface area is 111 Å². The molecule has 0 unspecified atom stereocenters. The average molecular weight is 254 g/mol. The Hall–Kier alpha value is -2.36. The van der Waals surface area contributed by atoms with Gasteiger partial charge in [-0.15, -0.1) is 0 Å². The Morgan fingerprint density at radius 1 is 1.21 bits per heavy atom. The van der Waals surface area contributed by atoms with E-state index in [2.05, 4.69) is 0 Å². The number of hydrogen-bond donors (Lipinski definition) is 1. The van der Waals surface area contributed by atoms with Crippen LogP contribution in [-0.4, -0.2) is 18.7 Å².